The molecule has 7 heteroatoms. The minimum absolute atomic E-state index is 0.151. The summed E-state index contributed by atoms with van der Waals surface area (Å²) in [5.74, 6) is 0.703. The maximum Gasteiger partial charge on any atom is 0.434 e. The fraction of sp³-hybridized carbons (Fsp3) is 0.769. The zero-order valence-electron chi connectivity index (χ0n) is 11.1. The van der Waals surface area contributed by atoms with Crippen LogP contribution in [0.2, 0.25) is 0 Å². The first-order valence-electron chi connectivity index (χ1n) is 7.01. The van der Waals surface area contributed by atoms with E-state index in [0.717, 1.165) is 31.9 Å². The zero-order chi connectivity index (χ0) is 14.3. The molecule has 0 bridgehead atoms. The summed E-state index contributed by atoms with van der Waals surface area (Å²) in [6.45, 7) is 1.47. The Morgan fingerprint density at radius 2 is 1.85 bits per heavy atom. The predicted molar refractivity (Wildman–Crippen MR) is 67.5 cm³/mol. The Hall–Kier alpha value is -1.24. The quantitative estimate of drug-likeness (QED) is 0.929. The summed E-state index contributed by atoms with van der Waals surface area (Å²) in [6, 6.07) is 0.171. The lowest BCUT2D eigenvalue weighted by atomic mass is 9.98. The highest BCUT2D eigenvalue weighted by molar-refractivity contribution is 5.36. The van der Waals surface area contributed by atoms with Crippen LogP contribution >= 0.6 is 0 Å². The Bertz CT molecular complexity index is 474. The zero-order valence-corrected chi connectivity index (χ0v) is 11.1. The summed E-state index contributed by atoms with van der Waals surface area (Å²) in [6.07, 6.45) is 0.204. The van der Waals surface area contributed by atoms with Gasteiger partial charge in [0.2, 0.25) is 5.95 Å². The average Bonchev–Trinajstić information content (AvgIpc) is 3.16. The van der Waals surface area contributed by atoms with Crippen LogP contribution in [-0.2, 0) is 6.18 Å². The van der Waals surface area contributed by atoms with Crippen LogP contribution in [0.1, 0.15) is 37.4 Å². The molecule has 0 unspecified atom stereocenters. The molecule has 4 nitrogen and oxygen atoms in total. The first kappa shape index (κ1) is 13.7. The SMILES string of the molecule is OCC1CCN(c2nc(C(F)(F)F)cn2C2CC2)CC1. The molecular formula is C13H18F3N3O. The second-order valence-corrected chi connectivity index (χ2v) is 5.68. The smallest absolute Gasteiger partial charge is 0.396 e. The molecule has 112 valence electrons. The van der Waals surface area contributed by atoms with Gasteiger partial charge in [-0.2, -0.15) is 13.2 Å². The molecular weight excluding hydrogens is 271 g/mol. The third-order valence-electron chi connectivity index (χ3n) is 4.10. The number of anilines is 1. The number of aromatic nitrogens is 2. The molecule has 2 heterocycles. The number of alkyl halides is 3. The lowest BCUT2D eigenvalue weighted by Crippen LogP contribution is -2.36. The van der Waals surface area contributed by atoms with E-state index in [1.165, 1.54) is 0 Å². The minimum Gasteiger partial charge on any atom is -0.396 e. The third kappa shape index (κ3) is 2.63. The van der Waals surface area contributed by atoms with Crippen LogP contribution in [0.15, 0.2) is 6.20 Å². The fourth-order valence-corrected chi connectivity index (χ4v) is 2.69. The number of nitrogens with zero attached hydrogens (tertiary/aromatic N) is 3. The summed E-state index contributed by atoms with van der Waals surface area (Å²) in [5.41, 5.74) is -0.802. The number of hydrogen-bond acceptors (Lipinski definition) is 3. The maximum absolute atomic E-state index is 12.8. The average molecular weight is 289 g/mol. The molecule has 1 saturated carbocycles. The van der Waals surface area contributed by atoms with Crippen LogP contribution in [-0.4, -0.2) is 34.4 Å². The van der Waals surface area contributed by atoms with Gasteiger partial charge in [0.15, 0.2) is 5.69 Å². The van der Waals surface area contributed by atoms with Gasteiger partial charge in [0.05, 0.1) is 0 Å². The molecule has 1 saturated heterocycles. The van der Waals surface area contributed by atoms with Gasteiger partial charge < -0.3 is 14.6 Å². The molecule has 1 aliphatic carbocycles. The van der Waals surface area contributed by atoms with Crippen molar-refractivity contribution < 1.29 is 18.3 Å². The van der Waals surface area contributed by atoms with Crippen molar-refractivity contribution in [3.8, 4) is 0 Å². The van der Waals surface area contributed by atoms with Crippen LogP contribution in [0.4, 0.5) is 19.1 Å². The normalized spacial score (nSPS) is 21.5. The largest absolute Gasteiger partial charge is 0.434 e. The van der Waals surface area contributed by atoms with E-state index in [1.807, 2.05) is 4.90 Å². The van der Waals surface area contributed by atoms with Gasteiger partial charge in [-0.25, -0.2) is 4.98 Å². The highest BCUT2D eigenvalue weighted by Gasteiger charge is 2.38. The molecule has 20 heavy (non-hydrogen) atoms. The van der Waals surface area contributed by atoms with Crippen molar-refractivity contribution in [1.82, 2.24) is 9.55 Å². The van der Waals surface area contributed by atoms with E-state index < -0.39 is 11.9 Å². The highest BCUT2D eigenvalue weighted by Crippen LogP contribution is 2.41. The number of aliphatic hydroxyl groups is 1. The number of hydrogen-bond donors (Lipinski definition) is 1. The molecule has 2 aliphatic rings. The Labute approximate surface area is 115 Å². The van der Waals surface area contributed by atoms with Crippen molar-refractivity contribution in [2.24, 2.45) is 5.92 Å². The van der Waals surface area contributed by atoms with Gasteiger partial charge in [0.25, 0.3) is 0 Å². The van der Waals surface area contributed by atoms with E-state index >= 15 is 0 Å². The number of imidazole rings is 1. The van der Waals surface area contributed by atoms with Crippen LogP contribution in [0.5, 0.6) is 0 Å². The predicted octanol–water partition coefficient (Wildman–Crippen LogP) is 2.45. The van der Waals surface area contributed by atoms with Crippen molar-refractivity contribution in [1.29, 1.82) is 0 Å². The van der Waals surface area contributed by atoms with Gasteiger partial charge in [-0.05, 0) is 31.6 Å². The first-order chi connectivity index (χ1) is 9.49. The van der Waals surface area contributed by atoms with Crippen LogP contribution in [0.3, 0.4) is 0 Å². The first-order valence-corrected chi connectivity index (χ1v) is 7.01. The van der Waals surface area contributed by atoms with E-state index in [-0.39, 0.29) is 18.6 Å². The lowest BCUT2D eigenvalue weighted by molar-refractivity contribution is -0.140. The number of rotatable bonds is 3. The van der Waals surface area contributed by atoms with E-state index in [1.54, 1.807) is 4.57 Å². The topological polar surface area (TPSA) is 41.3 Å². The summed E-state index contributed by atoms with van der Waals surface area (Å²) >= 11 is 0. The lowest BCUT2D eigenvalue weighted by Gasteiger charge is -2.32. The van der Waals surface area contributed by atoms with Gasteiger partial charge >= 0.3 is 6.18 Å². The summed E-state index contributed by atoms with van der Waals surface area (Å²) in [4.78, 5) is 5.74. The van der Waals surface area contributed by atoms with Gasteiger partial charge in [-0.1, -0.05) is 0 Å². The molecule has 0 aromatic carbocycles. The van der Waals surface area contributed by atoms with Crippen LogP contribution in [0, 0.1) is 5.92 Å². The van der Waals surface area contributed by atoms with E-state index in [9.17, 15) is 13.2 Å². The highest BCUT2D eigenvalue weighted by atomic mass is 19.4. The second-order valence-electron chi connectivity index (χ2n) is 5.68. The van der Waals surface area contributed by atoms with Crippen LogP contribution in [0.25, 0.3) is 0 Å². The van der Waals surface area contributed by atoms with Gasteiger partial charge in [-0.15, -0.1) is 0 Å². The van der Waals surface area contributed by atoms with Crippen molar-refractivity contribution >= 4 is 5.95 Å². The molecule has 3 rings (SSSR count). The van der Waals surface area contributed by atoms with Crippen molar-refractivity contribution in [2.75, 3.05) is 24.6 Å². The van der Waals surface area contributed by atoms with Gasteiger partial charge in [0.1, 0.15) is 0 Å². The number of aliphatic hydroxyl groups excluding tert-OH is 1. The van der Waals surface area contributed by atoms with Crippen molar-refractivity contribution in [3.05, 3.63) is 11.9 Å². The molecule has 0 radical (unpaired) electrons. The standard InChI is InChI=1S/C13H18F3N3O/c14-13(15,16)11-7-19(10-1-2-10)12(17-11)18-5-3-9(8-20)4-6-18/h7,9-10,20H,1-6,8H2. The molecule has 2 fully saturated rings. The fourth-order valence-electron chi connectivity index (χ4n) is 2.69. The molecule has 1 N–H and O–H groups in total. The van der Waals surface area contributed by atoms with E-state index in [4.69, 9.17) is 5.11 Å². The van der Waals surface area contributed by atoms with Gasteiger partial charge in [0, 0.05) is 31.9 Å². The number of halogens is 3. The third-order valence-corrected chi connectivity index (χ3v) is 4.10. The monoisotopic (exact) mass is 289 g/mol. The molecule has 1 aliphatic heterocycles. The molecule has 1 aromatic rings. The molecule has 1 aromatic heterocycles. The Balaban J connectivity index is 1.83. The van der Waals surface area contributed by atoms with Crippen LogP contribution < -0.4 is 4.90 Å². The van der Waals surface area contributed by atoms with E-state index in [0.29, 0.717) is 19.0 Å². The van der Waals surface area contributed by atoms with Gasteiger partial charge in [-0.3, -0.25) is 0 Å². The summed E-state index contributed by atoms with van der Waals surface area (Å²) in [5, 5.41) is 9.12. The second kappa shape index (κ2) is 4.95. The van der Waals surface area contributed by atoms with Crippen molar-refractivity contribution in [3.63, 3.8) is 0 Å². The molecule has 0 atom stereocenters. The minimum atomic E-state index is -4.39. The van der Waals surface area contributed by atoms with Crippen molar-refractivity contribution in [2.45, 2.75) is 37.9 Å². The Morgan fingerprint density at radius 1 is 1.20 bits per heavy atom. The Kier molecular flexibility index (Phi) is 3.40. The molecule has 0 spiro atoms. The summed E-state index contributed by atoms with van der Waals surface area (Å²) < 4.78 is 40.1. The Morgan fingerprint density at radius 3 is 2.35 bits per heavy atom. The molecule has 0 amide bonds. The maximum atomic E-state index is 12.8. The van der Waals surface area contributed by atoms with E-state index in [2.05, 4.69) is 4.98 Å². The summed E-state index contributed by atoms with van der Waals surface area (Å²) in [7, 11) is 0. The number of piperidine rings is 1.